The zero-order valence-corrected chi connectivity index (χ0v) is 45.2. The summed E-state index contributed by atoms with van der Waals surface area (Å²) in [5.41, 5.74) is -2.76. The van der Waals surface area contributed by atoms with Crippen molar-refractivity contribution < 1.29 is 111 Å². The Balaban J connectivity index is 1.38. The third-order valence-corrected chi connectivity index (χ3v) is 16.9. The van der Waals surface area contributed by atoms with Crippen LogP contribution in [0.5, 0.6) is 17.2 Å². The summed E-state index contributed by atoms with van der Waals surface area (Å²) < 4.78 is 249. The number of nitrogens with two attached hydrogens (primary N) is 1. The second kappa shape index (κ2) is 21.4. The Kier molecular flexibility index (Phi) is 15.9. The molecule has 43 heteroatoms. The molecule has 0 aliphatic carbocycles. The van der Waals surface area contributed by atoms with E-state index in [1.807, 2.05) is 0 Å². The van der Waals surface area contributed by atoms with Crippen LogP contribution in [0.3, 0.4) is 0 Å². The summed E-state index contributed by atoms with van der Waals surface area (Å²) >= 11 is 0. The quantitative estimate of drug-likeness (QED) is 0.0141. The molecule has 0 radical (unpaired) electrons. The summed E-state index contributed by atoms with van der Waals surface area (Å²) in [5, 5.41) is 59.4. The van der Waals surface area contributed by atoms with Gasteiger partial charge in [-0.3, -0.25) is 42.0 Å². The Morgan fingerprint density at radius 1 is 0.439 bits per heavy atom. The fraction of sp³-hybridized carbons (Fsp3) is 0.0256. The van der Waals surface area contributed by atoms with Gasteiger partial charge in [-0.05, 0) is 78.9 Å². The van der Waals surface area contributed by atoms with Gasteiger partial charge in [0.2, 0.25) is 0 Å². The molecule has 0 aliphatic rings. The highest BCUT2D eigenvalue weighted by atomic mass is 32.2. The minimum absolute atomic E-state index is 0.0255. The molecule has 7 rings (SSSR count). The molecule has 7 aromatic carbocycles. The Hall–Kier alpha value is -8.57. The van der Waals surface area contributed by atoms with Gasteiger partial charge in [0.05, 0.1) is 45.4 Å². The monoisotopic (exact) mass is 1280 g/mol. The highest BCUT2D eigenvalue weighted by molar-refractivity contribution is 7.87. The van der Waals surface area contributed by atoms with E-state index in [9.17, 15) is 107 Å². The largest absolute Gasteiger partial charge is 0.505 e. The molecule has 0 unspecified atom stereocenters. The molecule has 82 heavy (non-hydrogen) atoms. The smallest absolute Gasteiger partial charge is 0.301 e. The topological polar surface area (TPSA) is 598 Å². The van der Waals surface area contributed by atoms with Crippen LogP contribution < -0.4 is 10.5 Å². The normalized spacial score (nSPS) is 13.4. The Morgan fingerprint density at radius 3 is 1.41 bits per heavy atom. The van der Waals surface area contributed by atoms with Crippen LogP contribution >= 0.6 is 0 Å². The maximum atomic E-state index is 13.1. The average molecular weight is 1280 g/mol. The number of azo groups is 4. The number of aromatic hydroxyl groups is 2. The maximum absolute atomic E-state index is 13.1. The summed E-state index contributed by atoms with van der Waals surface area (Å²) in [7, 11) is -37.3. The number of fused-ring (bicyclic) bond motifs is 2. The third kappa shape index (κ3) is 12.6. The second-order valence-electron chi connectivity index (χ2n) is 15.9. The number of phenolic OH excluding ortho intramolecular Hbond substituents is 2. The number of ether oxygens (including phenoxy) is 1. The second-order valence-corrected chi connectivity index (χ2v) is 25.6. The van der Waals surface area contributed by atoms with E-state index in [0.717, 1.165) is 49.6 Å². The highest BCUT2D eigenvalue weighted by Gasteiger charge is 2.32. The van der Waals surface area contributed by atoms with Crippen molar-refractivity contribution >= 4 is 149 Å². The van der Waals surface area contributed by atoms with E-state index in [4.69, 9.17) is 15.0 Å². The van der Waals surface area contributed by atoms with Crippen LogP contribution in [0.2, 0.25) is 0 Å². The van der Waals surface area contributed by atoms with Crippen LogP contribution in [0, 0.1) is 10.1 Å². The summed E-state index contributed by atoms with van der Waals surface area (Å²) in [6.07, 6.45) is 0. The van der Waals surface area contributed by atoms with E-state index in [2.05, 4.69) is 40.9 Å². The fourth-order valence-electron chi connectivity index (χ4n) is 7.22. The van der Waals surface area contributed by atoms with Crippen molar-refractivity contribution in [1.82, 2.24) is 0 Å². The molecule has 36 nitrogen and oxygen atoms in total. The van der Waals surface area contributed by atoms with Gasteiger partial charge in [0.15, 0.2) is 22.1 Å². The van der Waals surface area contributed by atoms with Gasteiger partial charge >= 0.3 is 10.1 Å². The first-order valence-electron chi connectivity index (χ1n) is 20.7. The van der Waals surface area contributed by atoms with Gasteiger partial charge < -0.3 is 20.7 Å². The molecular formula is C39H28N10O26S7. The zero-order valence-electron chi connectivity index (χ0n) is 39.5. The van der Waals surface area contributed by atoms with E-state index >= 15 is 0 Å². The van der Waals surface area contributed by atoms with E-state index in [-0.39, 0.29) is 23.5 Å². The van der Waals surface area contributed by atoms with Gasteiger partial charge in [-0.2, -0.15) is 69.2 Å². The van der Waals surface area contributed by atoms with Crippen LogP contribution in [-0.2, 0) is 70.8 Å². The predicted molar refractivity (Wildman–Crippen MR) is 274 cm³/mol. The van der Waals surface area contributed by atoms with Crippen molar-refractivity contribution in [2.24, 2.45) is 40.9 Å². The number of anilines is 1. The highest BCUT2D eigenvalue weighted by Crippen LogP contribution is 2.50. The van der Waals surface area contributed by atoms with Gasteiger partial charge in [0, 0.05) is 16.2 Å². The molecule has 0 heterocycles. The van der Waals surface area contributed by atoms with Crippen molar-refractivity contribution in [3.63, 3.8) is 0 Å². The van der Waals surface area contributed by atoms with Crippen molar-refractivity contribution in [2.75, 3.05) is 12.8 Å². The standard InChI is InChI=1S/C39H28N10O26S7/c1-75-27-15-26(49(52)53)30(79(63,64)65)13-24(27)45-48-36-32(81(69,70)71)12-21-28(77(57,58)59)14-25(34(40)33(21)38(36)51)46-44-23-9-7-19-20(39(23)82(72,73)74)11-31(80(66,67)68)35(37(19)50)47-43-22-8-4-17(10-29(22)78(60,61)62)42-41-16-2-5-18(6-3-16)76(54,55)56/h2-15,50-51H,40H2,1H3,(H,54,55,56)(H,57,58,59)(H,60,61,62)(H,63,64,65)(H,66,67,68)(H,69,70,71)(H,72,73,74). The Labute approximate surface area is 457 Å². The van der Waals surface area contributed by atoms with E-state index in [0.29, 0.717) is 30.3 Å². The number of rotatable bonds is 17. The van der Waals surface area contributed by atoms with Crippen molar-refractivity contribution in [1.29, 1.82) is 0 Å². The van der Waals surface area contributed by atoms with E-state index in [1.165, 1.54) is 0 Å². The molecule has 0 amide bonds. The van der Waals surface area contributed by atoms with E-state index < -0.39 is 194 Å². The lowest BCUT2D eigenvalue weighted by Gasteiger charge is -2.15. The Bertz CT molecular complexity index is 4930. The predicted octanol–water partition coefficient (Wildman–Crippen LogP) is 7.29. The minimum Gasteiger partial charge on any atom is -0.505 e. The molecule has 0 saturated heterocycles. The van der Waals surface area contributed by atoms with Gasteiger partial charge in [-0.25, -0.2) is 0 Å². The maximum Gasteiger partial charge on any atom is 0.301 e. The molecular weight excluding hydrogens is 1250 g/mol. The number of nitro groups is 1. The zero-order chi connectivity index (χ0) is 61.2. The number of nitro benzene ring substituents is 1. The van der Waals surface area contributed by atoms with Crippen LogP contribution in [0.1, 0.15) is 0 Å². The first-order chi connectivity index (χ1) is 37.6. The van der Waals surface area contributed by atoms with Crippen LogP contribution in [0.15, 0.2) is 160 Å². The molecule has 0 aromatic heterocycles. The summed E-state index contributed by atoms with van der Waals surface area (Å²) in [4.78, 5) is 1.38. The van der Waals surface area contributed by atoms with Gasteiger partial charge in [0.1, 0.15) is 58.6 Å². The number of methoxy groups -OCH3 is 1. The van der Waals surface area contributed by atoms with Gasteiger partial charge in [0.25, 0.3) is 66.4 Å². The molecule has 11 N–H and O–H groups in total. The summed E-state index contributed by atoms with van der Waals surface area (Å²) in [6, 6.07) is 9.56. The SMILES string of the molecule is COc1cc([N+](=O)[O-])c(S(=O)(=O)O)cc1N=Nc1c(S(=O)(=O)O)cc2c(S(=O)(=O)O)cc(N=Nc3ccc4c(O)c(N=Nc5ccc(N=Nc6ccc(S(=O)(=O)O)cc6)cc5S(=O)(=O)O)c(S(=O)(=O)O)cc4c3S(=O)(=O)O)c(N)c2c1O. The molecule has 0 spiro atoms. The molecule has 7 aromatic rings. The number of phenols is 2. The van der Waals surface area contributed by atoms with Crippen molar-refractivity contribution in [3.05, 3.63) is 95.0 Å². The number of nitrogens with zero attached hydrogens (tertiary/aromatic N) is 9. The number of hydrogen-bond acceptors (Lipinski definition) is 28. The number of nitrogen functional groups attached to an aromatic ring is 1. The van der Waals surface area contributed by atoms with Crippen molar-refractivity contribution in [3.8, 4) is 17.2 Å². The number of hydrogen-bond donors (Lipinski definition) is 10. The average Bonchev–Trinajstić information content (AvgIpc) is 1.59. The first kappa shape index (κ1) is 61.1. The summed E-state index contributed by atoms with van der Waals surface area (Å²) in [6.45, 7) is 0. The molecule has 0 bridgehead atoms. The lowest BCUT2D eigenvalue weighted by atomic mass is 10.0. The molecule has 0 aliphatic heterocycles. The fourth-order valence-corrected chi connectivity index (χ4v) is 11.8. The minimum atomic E-state index is -5.77. The number of benzene rings is 7. The first-order valence-corrected chi connectivity index (χ1v) is 30.8. The van der Waals surface area contributed by atoms with Crippen LogP contribution in [-0.4, -0.2) is 113 Å². The molecule has 0 fully saturated rings. The summed E-state index contributed by atoms with van der Waals surface area (Å²) in [5.74, 6) is -3.63. The third-order valence-electron chi connectivity index (χ3n) is 10.7. The van der Waals surface area contributed by atoms with Gasteiger partial charge in [-0.1, -0.05) is 0 Å². The van der Waals surface area contributed by atoms with Crippen molar-refractivity contribution in [2.45, 2.75) is 34.3 Å². The Morgan fingerprint density at radius 2 is 0.902 bits per heavy atom. The lowest BCUT2D eigenvalue weighted by molar-refractivity contribution is -0.387. The van der Waals surface area contributed by atoms with E-state index in [1.54, 1.807) is 0 Å². The molecule has 0 atom stereocenters. The van der Waals surface area contributed by atoms with Crippen LogP contribution in [0.4, 0.5) is 56.9 Å². The molecule has 0 saturated carbocycles. The lowest BCUT2D eigenvalue weighted by Crippen LogP contribution is -2.05. The van der Waals surface area contributed by atoms with Crippen LogP contribution in [0.25, 0.3) is 21.5 Å². The van der Waals surface area contributed by atoms with Gasteiger partial charge in [-0.15, -0.1) is 30.7 Å². The molecule has 432 valence electrons.